The van der Waals surface area contributed by atoms with Crippen LogP contribution in [0.25, 0.3) is 0 Å². The van der Waals surface area contributed by atoms with Crippen molar-refractivity contribution >= 4 is 35.6 Å². The van der Waals surface area contributed by atoms with Crippen molar-refractivity contribution in [3.05, 3.63) is 24.3 Å². The Bertz CT molecular complexity index is 419. The van der Waals surface area contributed by atoms with Gasteiger partial charge in [-0.3, -0.25) is 4.99 Å². The predicted octanol–water partition coefficient (Wildman–Crippen LogP) is 4.26. The molecule has 1 rings (SSSR count). The quantitative estimate of drug-likeness (QED) is 0.405. The fraction of sp³-hybridized carbons (Fsp3) is 0.562. The van der Waals surface area contributed by atoms with E-state index in [1.54, 1.807) is 7.11 Å². The van der Waals surface area contributed by atoms with E-state index in [4.69, 9.17) is 10.5 Å². The molecule has 0 saturated heterocycles. The molecule has 0 spiro atoms. The first-order valence-electron chi connectivity index (χ1n) is 7.30. The third kappa shape index (κ3) is 6.11. The van der Waals surface area contributed by atoms with Crippen LogP contribution in [-0.4, -0.2) is 19.6 Å². The van der Waals surface area contributed by atoms with Crippen LogP contribution in [0.2, 0.25) is 0 Å². The van der Waals surface area contributed by atoms with Crippen LogP contribution in [0.15, 0.2) is 29.3 Å². The van der Waals surface area contributed by atoms with E-state index < -0.39 is 0 Å². The Morgan fingerprint density at radius 1 is 1.14 bits per heavy atom. The Kier molecular flexibility index (Phi) is 9.41. The van der Waals surface area contributed by atoms with Crippen molar-refractivity contribution in [2.45, 2.75) is 40.0 Å². The van der Waals surface area contributed by atoms with Crippen LogP contribution in [-0.2, 0) is 0 Å². The van der Waals surface area contributed by atoms with Gasteiger partial charge in [0.25, 0.3) is 0 Å². The van der Waals surface area contributed by atoms with Gasteiger partial charge in [0, 0.05) is 12.2 Å². The maximum Gasteiger partial charge on any atom is 0.193 e. The molecule has 0 aliphatic rings. The van der Waals surface area contributed by atoms with Crippen molar-refractivity contribution < 1.29 is 4.74 Å². The maximum atomic E-state index is 5.96. The lowest BCUT2D eigenvalue weighted by Gasteiger charge is -2.28. The van der Waals surface area contributed by atoms with Gasteiger partial charge in [0.1, 0.15) is 5.75 Å². The summed E-state index contributed by atoms with van der Waals surface area (Å²) in [6, 6.07) is 7.63. The number of benzene rings is 1. The van der Waals surface area contributed by atoms with Crippen LogP contribution in [0, 0.1) is 5.41 Å². The number of nitrogens with one attached hydrogen (secondary N) is 1. The lowest BCUT2D eigenvalue weighted by atomic mass is 9.80. The summed E-state index contributed by atoms with van der Waals surface area (Å²) in [5, 5.41) is 3.11. The summed E-state index contributed by atoms with van der Waals surface area (Å²) in [4.78, 5) is 4.50. The lowest BCUT2D eigenvalue weighted by Crippen LogP contribution is -2.27. The molecule has 1 aromatic carbocycles. The van der Waals surface area contributed by atoms with E-state index >= 15 is 0 Å². The number of rotatable bonds is 7. The van der Waals surface area contributed by atoms with E-state index in [9.17, 15) is 0 Å². The smallest absolute Gasteiger partial charge is 0.193 e. The molecule has 0 heterocycles. The number of nitrogens with zero attached hydrogens (tertiary/aromatic N) is 1. The second-order valence-corrected chi connectivity index (χ2v) is 5.12. The number of aliphatic imine (C=N–C) groups is 1. The Balaban J connectivity index is 0.00000400. The van der Waals surface area contributed by atoms with Crippen LogP contribution in [0.3, 0.4) is 0 Å². The summed E-state index contributed by atoms with van der Waals surface area (Å²) < 4.78 is 5.12. The highest BCUT2D eigenvalue weighted by Crippen LogP contribution is 2.30. The number of anilines is 1. The van der Waals surface area contributed by atoms with Crippen LogP contribution in [0.1, 0.15) is 40.0 Å². The van der Waals surface area contributed by atoms with E-state index in [2.05, 4.69) is 31.1 Å². The highest BCUT2D eigenvalue weighted by molar-refractivity contribution is 14.0. The van der Waals surface area contributed by atoms with Gasteiger partial charge in [-0.2, -0.15) is 0 Å². The maximum absolute atomic E-state index is 5.96. The number of methoxy groups -OCH3 is 1. The fourth-order valence-electron chi connectivity index (χ4n) is 2.20. The number of hydrogen-bond acceptors (Lipinski definition) is 2. The van der Waals surface area contributed by atoms with Gasteiger partial charge in [0.2, 0.25) is 0 Å². The molecule has 0 fully saturated rings. The predicted molar refractivity (Wildman–Crippen MR) is 102 cm³/mol. The SMILES string of the molecule is CCC(CC)(CC)CN=C(N)Nc1ccc(OC)cc1.I. The summed E-state index contributed by atoms with van der Waals surface area (Å²) in [5.41, 5.74) is 7.14. The highest BCUT2D eigenvalue weighted by atomic mass is 127. The van der Waals surface area contributed by atoms with Gasteiger partial charge in [0.05, 0.1) is 7.11 Å². The summed E-state index contributed by atoms with van der Waals surface area (Å²) in [6.07, 6.45) is 3.37. The molecule has 0 saturated carbocycles. The summed E-state index contributed by atoms with van der Waals surface area (Å²) >= 11 is 0. The third-order valence-corrected chi connectivity index (χ3v) is 4.20. The number of hydrogen-bond donors (Lipinski definition) is 2. The van der Waals surface area contributed by atoms with Crippen LogP contribution in [0.4, 0.5) is 5.69 Å². The number of nitrogens with two attached hydrogens (primary N) is 1. The zero-order chi connectivity index (χ0) is 15.0. The summed E-state index contributed by atoms with van der Waals surface area (Å²) in [7, 11) is 1.65. The minimum absolute atomic E-state index is 0. The molecule has 0 aliphatic heterocycles. The molecule has 120 valence electrons. The number of ether oxygens (including phenoxy) is 1. The first-order valence-corrected chi connectivity index (χ1v) is 7.30. The summed E-state index contributed by atoms with van der Waals surface area (Å²) in [5.74, 6) is 1.29. The Hall–Kier alpha value is -0.980. The van der Waals surface area contributed by atoms with Crippen LogP contribution < -0.4 is 15.8 Å². The Morgan fingerprint density at radius 3 is 2.10 bits per heavy atom. The molecule has 1 aromatic rings. The van der Waals surface area contributed by atoms with Gasteiger partial charge in [0.15, 0.2) is 5.96 Å². The van der Waals surface area contributed by atoms with Crippen molar-refractivity contribution in [2.75, 3.05) is 19.0 Å². The highest BCUT2D eigenvalue weighted by Gasteiger charge is 2.23. The molecule has 0 unspecified atom stereocenters. The first-order chi connectivity index (χ1) is 9.59. The van der Waals surface area contributed by atoms with Gasteiger partial charge < -0.3 is 15.8 Å². The number of guanidine groups is 1. The average Bonchev–Trinajstić information content (AvgIpc) is 2.50. The fourth-order valence-corrected chi connectivity index (χ4v) is 2.20. The molecule has 0 bridgehead atoms. The third-order valence-electron chi connectivity index (χ3n) is 4.20. The zero-order valence-electron chi connectivity index (χ0n) is 13.5. The van der Waals surface area contributed by atoms with Gasteiger partial charge in [-0.15, -0.1) is 24.0 Å². The molecule has 21 heavy (non-hydrogen) atoms. The summed E-state index contributed by atoms with van der Waals surface area (Å²) in [6.45, 7) is 7.42. The van der Waals surface area contributed by atoms with Gasteiger partial charge >= 0.3 is 0 Å². The largest absolute Gasteiger partial charge is 0.497 e. The van der Waals surface area contributed by atoms with E-state index in [1.165, 1.54) is 0 Å². The van der Waals surface area contributed by atoms with Crippen molar-refractivity contribution in [1.29, 1.82) is 0 Å². The molecule has 0 amide bonds. The lowest BCUT2D eigenvalue weighted by molar-refractivity contribution is 0.263. The van der Waals surface area contributed by atoms with E-state index in [0.29, 0.717) is 5.96 Å². The van der Waals surface area contributed by atoms with Crippen LogP contribution >= 0.6 is 24.0 Å². The minimum Gasteiger partial charge on any atom is -0.497 e. The second kappa shape index (κ2) is 9.87. The Morgan fingerprint density at radius 2 is 1.67 bits per heavy atom. The van der Waals surface area contributed by atoms with E-state index in [0.717, 1.165) is 37.2 Å². The Labute approximate surface area is 145 Å². The molecular formula is C16H28IN3O. The van der Waals surface area contributed by atoms with E-state index in [1.807, 2.05) is 24.3 Å². The van der Waals surface area contributed by atoms with Crippen molar-refractivity contribution in [2.24, 2.45) is 16.1 Å². The van der Waals surface area contributed by atoms with Crippen molar-refractivity contribution in [1.82, 2.24) is 0 Å². The van der Waals surface area contributed by atoms with Crippen molar-refractivity contribution in [3.8, 4) is 5.75 Å². The molecule has 0 aromatic heterocycles. The molecule has 0 aliphatic carbocycles. The molecule has 5 heteroatoms. The molecule has 0 radical (unpaired) electrons. The van der Waals surface area contributed by atoms with Gasteiger partial charge in [-0.25, -0.2) is 0 Å². The molecule has 4 nitrogen and oxygen atoms in total. The zero-order valence-corrected chi connectivity index (χ0v) is 15.8. The monoisotopic (exact) mass is 405 g/mol. The topological polar surface area (TPSA) is 59.6 Å². The first kappa shape index (κ1) is 20.0. The minimum atomic E-state index is 0. The van der Waals surface area contributed by atoms with E-state index in [-0.39, 0.29) is 29.4 Å². The molecular weight excluding hydrogens is 377 g/mol. The molecule has 0 atom stereocenters. The average molecular weight is 405 g/mol. The van der Waals surface area contributed by atoms with Crippen LogP contribution in [0.5, 0.6) is 5.75 Å². The second-order valence-electron chi connectivity index (χ2n) is 5.12. The van der Waals surface area contributed by atoms with Gasteiger partial charge in [-0.1, -0.05) is 20.8 Å². The van der Waals surface area contributed by atoms with Crippen molar-refractivity contribution in [3.63, 3.8) is 0 Å². The normalized spacial score (nSPS) is 11.7. The van der Waals surface area contributed by atoms with Gasteiger partial charge in [-0.05, 0) is 48.9 Å². The standard InChI is InChI=1S/C16H27N3O.HI/c1-5-16(6-2,7-3)12-18-15(17)19-13-8-10-14(20-4)11-9-13;/h8-11H,5-7,12H2,1-4H3,(H3,17,18,19);1H. The number of halogens is 1. The molecule has 3 N–H and O–H groups in total.